The van der Waals surface area contributed by atoms with Crippen LogP contribution in [-0.4, -0.2) is 102 Å². The summed E-state index contributed by atoms with van der Waals surface area (Å²) in [5.74, 6) is 0.882. The van der Waals surface area contributed by atoms with Gasteiger partial charge >= 0.3 is 5.97 Å². The van der Waals surface area contributed by atoms with Crippen molar-refractivity contribution in [3.05, 3.63) is 65.1 Å². The normalized spacial score (nSPS) is 22.2. The first kappa shape index (κ1) is 37.0. The van der Waals surface area contributed by atoms with E-state index < -0.39 is 12.4 Å². The highest BCUT2D eigenvalue weighted by atomic mass is 19.3. The Kier molecular flexibility index (Phi) is 10.1. The summed E-state index contributed by atoms with van der Waals surface area (Å²) in [5, 5.41) is 18.8. The van der Waals surface area contributed by atoms with Gasteiger partial charge in [-0.25, -0.2) is 23.5 Å². The van der Waals surface area contributed by atoms with E-state index in [0.29, 0.717) is 54.9 Å². The number of carbonyl (C=O) groups excluding carboxylic acids is 1. The lowest BCUT2D eigenvalue weighted by Crippen LogP contribution is -2.49. The molecule has 13 nitrogen and oxygen atoms in total. The third kappa shape index (κ3) is 7.18. The largest absolute Gasteiger partial charge is 0.475 e. The van der Waals surface area contributed by atoms with Crippen molar-refractivity contribution in [2.24, 2.45) is 24.8 Å². The summed E-state index contributed by atoms with van der Waals surface area (Å²) in [6.45, 7) is 12.6. The number of aryl methyl sites for hydroxylation is 2. The number of hydrogen-bond donors (Lipinski definition) is 1. The van der Waals surface area contributed by atoms with Crippen LogP contribution < -0.4 is 9.80 Å². The van der Waals surface area contributed by atoms with Crippen LogP contribution in [0.15, 0.2) is 36.9 Å². The van der Waals surface area contributed by atoms with E-state index in [-0.39, 0.29) is 23.3 Å². The molecular weight excluding hydrogens is 707 g/mol. The second-order valence-corrected chi connectivity index (χ2v) is 16.0. The summed E-state index contributed by atoms with van der Waals surface area (Å²) in [5.41, 5.74) is 6.02. The third-order valence-electron chi connectivity index (χ3n) is 12.4. The highest BCUT2D eigenvalue weighted by Gasteiger charge is 2.37. The fraction of sp³-hybridized carbons (Fsp3) is 0.550. The summed E-state index contributed by atoms with van der Waals surface area (Å²) in [7, 11) is 1.79. The van der Waals surface area contributed by atoms with Gasteiger partial charge in [-0.15, -0.1) is 0 Å². The van der Waals surface area contributed by atoms with Crippen molar-refractivity contribution < 1.29 is 23.5 Å². The SMILES string of the molecule is CC(=O)N1CCc2c(c(N3CCCc4cc(-c5cnn(C)c5)c(C(F)F)cc43)nn2C2CCN(CC3C(C)CN(c4cnc(C(=O)O)nc4)CC3C)CC2)C1. The second-order valence-electron chi connectivity index (χ2n) is 16.0. The van der Waals surface area contributed by atoms with Crippen molar-refractivity contribution >= 4 is 29.1 Å². The number of carboxylic acids is 1. The van der Waals surface area contributed by atoms with Gasteiger partial charge in [-0.1, -0.05) is 13.8 Å². The van der Waals surface area contributed by atoms with E-state index >= 15 is 0 Å². The Bertz CT molecular complexity index is 2050. The number of amides is 1. The molecule has 0 bridgehead atoms. The fourth-order valence-corrected chi connectivity index (χ4v) is 9.49. The average Bonchev–Trinajstić information content (AvgIpc) is 3.79. The minimum Gasteiger partial charge on any atom is -0.475 e. The molecule has 0 radical (unpaired) electrons. The molecule has 55 heavy (non-hydrogen) atoms. The maximum absolute atomic E-state index is 14.7. The zero-order valence-corrected chi connectivity index (χ0v) is 32.0. The number of carboxylic acid groups (broad SMARTS) is 1. The van der Waals surface area contributed by atoms with Gasteiger partial charge in [0.1, 0.15) is 0 Å². The van der Waals surface area contributed by atoms with Crippen molar-refractivity contribution in [1.29, 1.82) is 0 Å². The summed E-state index contributed by atoms with van der Waals surface area (Å²) in [6.07, 6.45) is 8.27. The molecule has 1 amide bonds. The van der Waals surface area contributed by atoms with Gasteiger partial charge in [0.15, 0.2) is 5.82 Å². The van der Waals surface area contributed by atoms with Crippen molar-refractivity contribution in [2.75, 3.05) is 55.6 Å². The lowest BCUT2D eigenvalue weighted by molar-refractivity contribution is -0.129. The molecule has 0 aliphatic carbocycles. The first-order chi connectivity index (χ1) is 26.4. The van der Waals surface area contributed by atoms with E-state index in [1.54, 1.807) is 49.5 Å². The molecule has 7 heterocycles. The molecule has 1 aromatic carbocycles. The molecule has 15 heteroatoms. The van der Waals surface area contributed by atoms with Crippen LogP contribution >= 0.6 is 0 Å². The Labute approximate surface area is 319 Å². The average molecular weight is 757 g/mol. The minimum atomic E-state index is -2.65. The zero-order valence-electron chi connectivity index (χ0n) is 32.0. The van der Waals surface area contributed by atoms with Gasteiger partial charge in [-0.05, 0) is 66.7 Å². The molecule has 0 saturated carbocycles. The van der Waals surface area contributed by atoms with Crippen LogP contribution in [0.3, 0.4) is 0 Å². The predicted molar refractivity (Wildman–Crippen MR) is 204 cm³/mol. The van der Waals surface area contributed by atoms with Gasteiger partial charge < -0.3 is 24.7 Å². The monoisotopic (exact) mass is 756 g/mol. The van der Waals surface area contributed by atoms with Gasteiger partial charge in [0.25, 0.3) is 6.43 Å². The first-order valence-corrected chi connectivity index (χ1v) is 19.5. The number of piperidine rings is 2. The highest BCUT2D eigenvalue weighted by Crippen LogP contribution is 2.44. The Hall–Kier alpha value is -4.92. The van der Waals surface area contributed by atoms with E-state index in [0.717, 1.165) is 92.4 Å². The molecule has 2 saturated heterocycles. The molecule has 2 fully saturated rings. The van der Waals surface area contributed by atoms with E-state index in [9.17, 15) is 23.5 Å². The number of rotatable bonds is 8. The van der Waals surface area contributed by atoms with Crippen LogP contribution in [0.25, 0.3) is 11.1 Å². The highest BCUT2D eigenvalue weighted by molar-refractivity contribution is 5.83. The third-order valence-corrected chi connectivity index (χ3v) is 12.4. The Balaban J connectivity index is 1.01. The topological polar surface area (TPSA) is 129 Å². The number of benzene rings is 1. The number of aromatic nitrogens is 6. The lowest BCUT2D eigenvalue weighted by Gasteiger charge is -2.45. The molecule has 292 valence electrons. The van der Waals surface area contributed by atoms with E-state index in [1.165, 1.54) is 0 Å². The smallest absolute Gasteiger partial charge is 0.373 e. The molecule has 4 aromatic rings. The summed E-state index contributed by atoms with van der Waals surface area (Å²) in [4.78, 5) is 40.8. The van der Waals surface area contributed by atoms with E-state index in [4.69, 9.17) is 5.10 Å². The number of alkyl halides is 2. The maximum atomic E-state index is 14.7. The fourth-order valence-electron chi connectivity index (χ4n) is 9.49. The van der Waals surface area contributed by atoms with Gasteiger partial charge in [0.05, 0.1) is 36.9 Å². The van der Waals surface area contributed by atoms with Crippen molar-refractivity contribution in [3.8, 4) is 11.1 Å². The van der Waals surface area contributed by atoms with Crippen LogP contribution in [0.2, 0.25) is 0 Å². The van der Waals surface area contributed by atoms with Crippen LogP contribution in [0.1, 0.15) is 85.5 Å². The number of anilines is 3. The molecule has 4 aliphatic heterocycles. The number of hydrogen-bond acceptors (Lipinski definition) is 9. The Morgan fingerprint density at radius 1 is 0.982 bits per heavy atom. The molecule has 2 unspecified atom stereocenters. The Morgan fingerprint density at radius 2 is 1.71 bits per heavy atom. The van der Waals surface area contributed by atoms with Crippen LogP contribution in [-0.2, 0) is 31.2 Å². The molecule has 8 rings (SSSR count). The van der Waals surface area contributed by atoms with Crippen molar-refractivity contribution in [3.63, 3.8) is 0 Å². The Morgan fingerprint density at radius 3 is 2.35 bits per heavy atom. The summed E-state index contributed by atoms with van der Waals surface area (Å²) >= 11 is 0. The molecular formula is C40H50F2N10O3. The van der Waals surface area contributed by atoms with Crippen LogP contribution in [0.5, 0.6) is 0 Å². The molecule has 3 aromatic heterocycles. The number of fused-ring (bicyclic) bond motifs is 2. The van der Waals surface area contributed by atoms with Crippen LogP contribution in [0, 0.1) is 17.8 Å². The molecule has 1 N–H and O–H groups in total. The first-order valence-electron chi connectivity index (χ1n) is 19.5. The van der Waals surface area contributed by atoms with Gasteiger partial charge in [0.2, 0.25) is 11.7 Å². The van der Waals surface area contributed by atoms with E-state index in [2.05, 4.69) is 48.3 Å². The van der Waals surface area contributed by atoms with Crippen molar-refractivity contribution in [1.82, 2.24) is 39.3 Å². The molecule has 0 spiro atoms. The van der Waals surface area contributed by atoms with E-state index in [1.807, 2.05) is 11.0 Å². The predicted octanol–water partition coefficient (Wildman–Crippen LogP) is 5.74. The standard InChI is InChI=1S/C40H50F2N10O3/c1-24-19-50(30-17-43-38(40(54)55)44-18-30)20-25(2)33(24)22-48-11-7-29(8-12-48)52-35-9-13-49(26(3)53)23-34(35)39(46-52)51-10-5-6-27-14-31(28-16-45-47(4)21-28)32(37(41)42)15-36(27)51/h14-18,21,24-25,29,33,37H,5-13,19-20,22-23H2,1-4H3,(H,54,55). The number of nitrogens with zero attached hydrogens (tertiary/aromatic N) is 10. The summed E-state index contributed by atoms with van der Waals surface area (Å²) in [6, 6.07) is 3.79. The molecule has 2 atom stereocenters. The quantitative estimate of drug-likeness (QED) is 0.238. The number of likely N-dealkylation sites (tertiary alicyclic amines) is 1. The number of carbonyl (C=O) groups is 2. The zero-order chi connectivity index (χ0) is 38.5. The van der Waals surface area contributed by atoms with Gasteiger partial charge in [-0.3, -0.25) is 14.2 Å². The van der Waals surface area contributed by atoms with Gasteiger partial charge in [-0.2, -0.15) is 10.2 Å². The minimum absolute atomic E-state index is 0.0117. The van der Waals surface area contributed by atoms with Crippen molar-refractivity contribution in [2.45, 2.75) is 71.9 Å². The maximum Gasteiger partial charge on any atom is 0.373 e. The lowest BCUT2D eigenvalue weighted by atomic mass is 9.78. The summed E-state index contributed by atoms with van der Waals surface area (Å²) < 4.78 is 33.2. The number of aromatic carboxylic acids is 1. The molecule has 4 aliphatic rings. The van der Waals surface area contributed by atoms with Gasteiger partial charge in [0, 0.05) is 100 Å². The van der Waals surface area contributed by atoms with Crippen LogP contribution in [0.4, 0.5) is 26.0 Å². The number of halogens is 2. The second kappa shape index (κ2) is 15.0.